The minimum atomic E-state index is -0.452. The number of likely N-dealkylation sites (N-methyl/N-ethyl adjacent to an activating group) is 1. The third-order valence-corrected chi connectivity index (χ3v) is 6.42. The van der Waals surface area contributed by atoms with Gasteiger partial charge in [-0.2, -0.15) is 0 Å². The van der Waals surface area contributed by atoms with Gasteiger partial charge in [-0.25, -0.2) is 4.98 Å². The van der Waals surface area contributed by atoms with Crippen LogP contribution in [0.4, 0.5) is 0 Å². The number of hydrogen-bond donors (Lipinski definition) is 0. The van der Waals surface area contributed by atoms with Gasteiger partial charge in [0.15, 0.2) is 5.16 Å². The van der Waals surface area contributed by atoms with E-state index in [0.717, 1.165) is 18.4 Å². The van der Waals surface area contributed by atoms with Crippen LogP contribution in [-0.2, 0) is 11.3 Å². The van der Waals surface area contributed by atoms with Gasteiger partial charge < -0.3 is 4.90 Å². The lowest BCUT2D eigenvalue weighted by molar-refractivity contribution is -0.130. The van der Waals surface area contributed by atoms with Gasteiger partial charge in [0.25, 0.3) is 5.56 Å². The molecule has 3 aromatic rings. The number of para-hydroxylation sites is 1. The predicted molar refractivity (Wildman–Crippen MR) is 124 cm³/mol. The molecule has 1 atom stereocenters. The number of fused-ring (bicyclic) bond motifs is 1. The van der Waals surface area contributed by atoms with E-state index in [9.17, 15) is 9.59 Å². The predicted octanol–water partition coefficient (Wildman–Crippen LogP) is 4.90. The molecule has 0 saturated carbocycles. The standard InChI is InChI=1S/C24H29N3O2S/c1-4-7-17-27-22(28)19-15-11-12-16-20(19)25-24(27)30-21(18-13-9-8-10-14-18)23(29)26(5-2)6-3/h8-16,21H,4-7,17H2,1-3H3. The van der Waals surface area contributed by atoms with E-state index in [1.54, 1.807) is 4.57 Å². The molecule has 30 heavy (non-hydrogen) atoms. The summed E-state index contributed by atoms with van der Waals surface area (Å²) in [6.07, 6.45) is 1.86. The topological polar surface area (TPSA) is 55.2 Å². The Bertz CT molecular complexity index is 1050. The van der Waals surface area contributed by atoms with Crippen molar-refractivity contribution in [3.63, 3.8) is 0 Å². The molecule has 0 radical (unpaired) electrons. The molecule has 3 rings (SSSR count). The summed E-state index contributed by atoms with van der Waals surface area (Å²) in [6.45, 7) is 7.96. The first-order valence-electron chi connectivity index (χ1n) is 10.6. The molecule has 1 heterocycles. The fourth-order valence-electron chi connectivity index (χ4n) is 3.45. The first-order chi connectivity index (χ1) is 14.6. The van der Waals surface area contributed by atoms with E-state index in [2.05, 4.69) is 6.92 Å². The normalized spacial score (nSPS) is 12.1. The zero-order valence-electron chi connectivity index (χ0n) is 17.9. The van der Waals surface area contributed by atoms with Crippen LogP contribution in [0.1, 0.15) is 44.4 Å². The van der Waals surface area contributed by atoms with Gasteiger partial charge in [0.05, 0.1) is 10.9 Å². The molecule has 6 heteroatoms. The van der Waals surface area contributed by atoms with Crippen LogP contribution in [0.25, 0.3) is 10.9 Å². The first-order valence-corrected chi connectivity index (χ1v) is 11.5. The van der Waals surface area contributed by atoms with E-state index >= 15 is 0 Å². The van der Waals surface area contributed by atoms with Crippen molar-refractivity contribution in [1.82, 2.24) is 14.5 Å². The highest BCUT2D eigenvalue weighted by atomic mass is 32.2. The highest BCUT2D eigenvalue weighted by Gasteiger charge is 2.28. The van der Waals surface area contributed by atoms with Gasteiger partial charge in [-0.15, -0.1) is 0 Å². The van der Waals surface area contributed by atoms with E-state index in [1.807, 2.05) is 73.3 Å². The van der Waals surface area contributed by atoms with Crippen LogP contribution in [0, 0.1) is 0 Å². The smallest absolute Gasteiger partial charge is 0.262 e. The third kappa shape index (κ3) is 4.75. The van der Waals surface area contributed by atoms with Crippen LogP contribution in [0.2, 0.25) is 0 Å². The van der Waals surface area contributed by atoms with Crippen LogP contribution in [0.15, 0.2) is 64.5 Å². The third-order valence-electron chi connectivity index (χ3n) is 5.19. The Balaban J connectivity index is 2.11. The molecule has 0 bridgehead atoms. The summed E-state index contributed by atoms with van der Waals surface area (Å²) in [7, 11) is 0. The summed E-state index contributed by atoms with van der Waals surface area (Å²) < 4.78 is 1.74. The van der Waals surface area contributed by atoms with E-state index in [-0.39, 0.29) is 11.5 Å². The van der Waals surface area contributed by atoms with Crippen molar-refractivity contribution in [3.05, 3.63) is 70.5 Å². The van der Waals surface area contributed by atoms with Gasteiger partial charge in [0, 0.05) is 19.6 Å². The van der Waals surface area contributed by atoms with Gasteiger partial charge in [0.1, 0.15) is 5.25 Å². The second-order valence-electron chi connectivity index (χ2n) is 7.14. The van der Waals surface area contributed by atoms with Crippen LogP contribution < -0.4 is 5.56 Å². The Morgan fingerprint density at radius 3 is 2.37 bits per heavy atom. The molecular weight excluding hydrogens is 394 g/mol. The maximum Gasteiger partial charge on any atom is 0.262 e. The number of carbonyl (C=O) groups is 1. The lowest BCUT2D eigenvalue weighted by Crippen LogP contribution is -2.34. The van der Waals surface area contributed by atoms with Crippen LogP contribution in [0.3, 0.4) is 0 Å². The van der Waals surface area contributed by atoms with E-state index < -0.39 is 5.25 Å². The highest BCUT2D eigenvalue weighted by Crippen LogP contribution is 2.36. The lowest BCUT2D eigenvalue weighted by Gasteiger charge is -2.25. The number of aromatic nitrogens is 2. The van der Waals surface area contributed by atoms with Crippen LogP contribution >= 0.6 is 11.8 Å². The fourth-order valence-corrected chi connectivity index (χ4v) is 4.65. The Morgan fingerprint density at radius 2 is 1.70 bits per heavy atom. The van der Waals surface area contributed by atoms with Crippen LogP contribution in [0.5, 0.6) is 0 Å². The number of unbranched alkanes of at least 4 members (excludes halogenated alkanes) is 1. The lowest BCUT2D eigenvalue weighted by atomic mass is 10.1. The van der Waals surface area contributed by atoms with Crippen molar-refractivity contribution in [2.75, 3.05) is 13.1 Å². The summed E-state index contributed by atoms with van der Waals surface area (Å²) in [5, 5.41) is 0.762. The van der Waals surface area contributed by atoms with E-state index in [1.165, 1.54) is 11.8 Å². The minimum absolute atomic E-state index is 0.0423. The molecule has 158 valence electrons. The van der Waals surface area contributed by atoms with Crippen LogP contribution in [-0.4, -0.2) is 33.4 Å². The van der Waals surface area contributed by atoms with Gasteiger partial charge >= 0.3 is 0 Å². The molecule has 1 unspecified atom stereocenters. The summed E-state index contributed by atoms with van der Waals surface area (Å²) in [6, 6.07) is 17.2. The summed E-state index contributed by atoms with van der Waals surface area (Å²) in [4.78, 5) is 33.2. The Morgan fingerprint density at radius 1 is 1.03 bits per heavy atom. The monoisotopic (exact) mass is 423 g/mol. The number of carbonyl (C=O) groups excluding carboxylic acids is 1. The van der Waals surface area contributed by atoms with Crippen molar-refractivity contribution in [2.45, 2.75) is 50.6 Å². The van der Waals surface area contributed by atoms with Crippen molar-refractivity contribution in [1.29, 1.82) is 0 Å². The molecule has 0 aliphatic carbocycles. The largest absolute Gasteiger partial charge is 0.342 e. The molecule has 0 saturated heterocycles. The van der Waals surface area contributed by atoms with Crippen molar-refractivity contribution in [2.24, 2.45) is 0 Å². The van der Waals surface area contributed by atoms with Crippen molar-refractivity contribution in [3.8, 4) is 0 Å². The maximum atomic E-state index is 13.4. The van der Waals surface area contributed by atoms with Crippen molar-refractivity contribution >= 4 is 28.6 Å². The number of rotatable bonds is 9. The molecule has 0 N–H and O–H groups in total. The second-order valence-corrected chi connectivity index (χ2v) is 8.21. The number of thioether (sulfide) groups is 1. The number of hydrogen-bond acceptors (Lipinski definition) is 4. The second kappa shape index (κ2) is 10.4. The Kier molecular flexibility index (Phi) is 7.69. The first kappa shape index (κ1) is 22.1. The zero-order valence-corrected chi connectivity index (χ0v) is 18.7. The van der Waals surface area contributed by atoms with Gasteiger partial charge in [-0.3, -0.25) is 14.2 Å². The molecule has 0 spiro atoms. The average molecular weight is 424 g/mol. The number of nitrogens with zero attached hydrogens (tertiary/aromatic N) is 3. The van der Waals surface area contributed by atoms with Crippen molar-refractivity contribution < 1.29 is 4.79 Å². The quantitative estimate of drug-likeness (QED) is 0.363. The number of amides is 1. The summed E-state index contributed by atoms with van der Waals surface area (Å²) >= 11 is 1.38. The molecule has 0 fully saturated rings. The Hall–Kier alpha value is -2.60. The maximum absolute atomic E-state index is 13.4. The number of benzene rings is 2. The fraction of sp³-hybridized carbons (Fsp3) is 0.375. The molecule has 1 amide bonds. The SMILES string of the molecule is CCCCn1c(SC(C(=O)N(CC)CC)c2ccccc2)nc2ccccc2c1=O. The molecule has 0 aliphatic rings. The summed E-state index contributed by atoms with van der Waals surface area (Å²) in [5.41, 5.74) is 1.54. The molecule has 1 aromatic heterocycles. The van der Waals surface area contributed by atoms with E-state index in [0.29, 0.717) is 35.7 Å². The summed E-state index contributed by atoms with van der Waals surface area (Å²) in [5.74, 6) is 0.0423. The van der Waals surface area contributed by atoms with E-state index in [4.69, 9.17) is 4.98 Å². The van der Waals surface area contributed by atoms with Gasteiger partial charge in [0.2, 0.25) is 5.91 Å². The average Bonchev–Trinajstić information content (AvgIpc) is 2.78. The molecular formula is C24H29N3O2S. The molecule has 5 nitrogen and oxygen atoms in total. The van der Waals surface area contributed by atoms with Gasteiger partial charge in [-0.05, 0) is 38.0 Å². The van der Waals surface area contributed by atoms with Gasteiger partial charge in [-0.1, -0.05) is 67.6 Å². The zero-order chi connectivity index (χ0) is 21.5. The molecule has 2 aromatic carbocycles. The minimum Gasteiger partial charge on any atom is -0.342 e. The highest BCUT2D eigenvalue weighted by molar-refractivity contribution is 8.00. The Labute approximate surface area is 182 Å². The molecule has 0 aliphatic heterocycles.